The van der Waals surface area contributed by atoms with E-state index in [1.807, 2.05) is 0 Å². The lowest BCUT2D eigenvalue weighted by Crippen LogP contribution is -2.19. The van der Waals surface area contributed by atoms with Gasteiger partial charge in [0.1, 0.15) is 11.3 Å². The Labute approximate surface area is 140 Å². The molecule has 24 heavy (non-hydrogen) atoms. The SMILES string of the molecule is CCOC(=O)C(C(=N)CCCl)=C(O)c1c(C)c(F)c(F)c(F)c1F. The molecule has 0 amide bonds. The van der Waals surface area contributed by atoms with Gasteiger partial charge in [0.15, 0.2) is 23.3 Å². The minimum Gasteiger partial charge on any atom is -0.506 e. The lowest BCUT2D eigenvalue weighted by Gasteiger charge is -2.14. The predicted molar refractivity (Wildman–Crippen MR) is 80.3 cm³/mol. The molecule has 1 aromatic carbocycles. The van der Waals surface area contributed by atoms with Crippen LogP contribution in [0.25, 0.3) is 5.76 Å². The number of rotatable bonds is 6. The molecule has 0 aliphatic carbocycles. The molecule has 0 saturated heterocycles. The summed E-state index contributed by atoms with van der Waals surface area (Å²) in [4.78, 5) is 11.9. The van der Waals surface area contributed by atoms with Crippen LogP contribution in [0, 0.1) is 35.6 Å². The van der Waals surface area contributed by atoms with Gasteiger partial charge in [-0.3, -0.25) is 0 Å². The summed E-state index contributed by atoms with van der Waals surface area (Å²) in [6, 6.07) is 0. The molecule has 1 aromatic rings. The molecule has 9 heteroatoms. The highest BCUT2D eigenvalue weighted by Crippen LogP contribution is 2.30. The molecule has 0 atom stereocenters. The van der Waals surface area contributed by atoms with Gasteiger partial charge < -0.3 is 15.3 Å². The Balaban J connectivity index is 3.73. The highest BCUT2D eigenvalue weighted by molar-refractivity contribution is 6.26. The van der Waals surface area contributed by atoms with Gasteiger partial charge in [0.25, 0.3) is 0 Å². The van der Waals surface area contributed by atoms with Crippen molar-refractivity contribution >= 4 is 29.0 Å². The fraction of sp³-hybridized carbons (Fsp3) is 0.333. The lowest BCUT2D eigenvalue weighted by molar-refractivity contribution is -0.137. The standard InChI is InChI=1S/C15H14ClF4NO3/c1-3-24-15(23)9(7(21)4-5-16)14(22)8-6(2)10(17)12(19)13(20)11(8)18/h21-22H,3-5H2,1-2H3. The maximum Gasteiger partial charge on any atom is 0.343 e. The van der Waals surface area contributed by atoms with E-state index in [-0.39, 0.29) is 18.9 Å². The molecule has 0 spiro atoms. The van der Waals surface area contributed by atoms with E-state index >= 15 is 0 Å². The number of carbonyl (C=O) groups excluding carboxylic acids is 1. The Bertz CT molecular complexity index is 670. The largest absolute Gasteiger partial charge is 0.506 e. The number of esters is 1. The number of carbonyl (C=O) groups is 1. The van der Waals surface area contributed by atoms with Crippen LogP contribution >= 0.6 is 11.6 Å². The predicted octanol–water partition coefficient (Wildman–Crippen LogP) is 4.03. The van der Waals surface area contributed by atoms with Gasteiger partial charge in [-0.2, -0.15) is 0 Å². The molecule has 0 saturated carbocycles. The summed E-state index contributed by atoms with van der Waals surface area (Å²) in [6.07, 6.45) is -0.202. The number of halogens is 5. The Kier molecular flexibility index (Phi) is 6.77. The van der Waals surface area contributed by atoms with Crippen molar-refractivity contribution in [2.45, 2.75) is 20.3 Å². The second-order valence-corrected chi connectivity index (χ2v) is 5.00. The van der Waals surface area contributed by atoms with Gasteiger partial charge in [0.05, 0.1) is 17.9 Å². The molecule has 4 nitrogen and oxygen atoms in total. The molecule has 0 aromatic heterocycles. The van der Waals surface area contributed by atoms with Gasteiger partial charge in [-0.25, -0.2) is 22.4 Å². The van der Waals surface area contributed by atoms with Gasteiger partial charge >= 0.3 is 5.97 Å². The maximum absolute atomic E-state index is 14.0. The van der Waals surface area contributed by atoms with Crippen LogP contribution in [0.5, 0.6) is 0 Å². The monoisotopic (exact) mass is 367 g/mol. The van der Waals surface area contributed by atoms with Gasteiger partial charge in [0.2, 0.25) is 0 Å². The summed E-state index contributed by atoms with van der Waals surface area (Å²) >= 11 is 5.47. The second kappa shape index (κ2) is 8.14. The summed E-state index contributed by atoms with van der Waals surface area (Å²) in [7, 11) is 0. The number of ether oxygens (including phenoxy) is 1. The van der Waals surface area contributed by atoms with E-state index in [1.54, 1.807) is 0 Å². The summed E-state index contributed by atoms with van der Waals surface area (Å²) in [5.41, 5.74) is -3.15. The van der Waals surface area contributed by atoms with Crippen molar-refractivity contribution in [3.05, 3.63) is 40.0 Å². The first-order valence-corrected chi connectivity index (χ1v) is 7.29. The molecule has 0 fully saturated rings. The minimum absolute atomic E-state index is 0.109. The summed E-state index contributed by atoms with van der Waals surface area (Å²) in [5, 5.41) is 17.9. The van der Waals surface area contributed by atoms with Crippen LogP contribution in [0.15, 0.2) is 5.57 Å². The Morgan fingerprint density at radius 3 is 2.21 bits per heavy atom. The molecule has 2 N–H and O–H groups in total. The Morgan fingerprint density at radius 2 is 1.71 bits per heavy atom. The van der Waals surface area contributed by atoms with Gasteiger partial charge in [-0.05, 0) is 13.8 Å². The van der Waals surface area contributed by atoms with Crippen molar-refractivity contribution in [1.29, 1.82) is 5.41 Å². The quantitative estimate of drug-likeness (QED) is 0.116. The highest BCUT2D eigenvalue weighted by Gasteiger charge is 2.30. The van der Waals surface area contributed by atoms with Crippen LogP contribution in [0.4, 0.5) is 17.6 Å². The van der Waals surface area contributed by atoms with Crippen molar-refractivity contribution < 1.29 is 32.2 Å². The van der Waals surface area contributed by atoms with E-state index in [2.05, 4.69) is 4.74 Å². The third kappa shape index (κ3) is 3.69. The van der Waals surface area contributed by atoms with Crippen molar-refractivity contribution in [2.75, 3.05) is 12.5 Å². The highest BCUT2D eigenvalue weighted by atomic mass is 35.5. The fourth-order valence-corrected chi connectivity index (χ4v) is 2.12. The third-order valence-electron chi connectivity index (χ3n) is 3.10. The second-order valence-electron chi connectivity index (χ2n) is 4.62. The van der Waals surface area contributed by atoms with Crippen molar-refractivity contribution in [3.63, 3.8) is 0 Å². The van der Waals surface area contributed by atoms with E-state index in [0.29, 0.717) is 0 Å². The van der Waals surface area contributed by atoms with E-state index in [0.717, 1.165) is 6.92 Å². The van der Waals surface area contributed by atoms with E-state index in [9.17, 15) is 27.5 Å². The van der Waals surface area contributed by atoms with Crippen LogP contribution < -0.4 is 0 Å². The zero-order valence-electron chi connectivity index (χ0n) is 12.8. The average Bonchev–Trinajstić information content (AvgIpc) is 2.52. The molecular formula is C15H14ClF4NO3. The topological polar surface area (TPSA) is 70.4 Å². The van der Waals surface area contributed by atoms with Crippen LogP contribution in [-0.4, -0.2) is 29.3 Å². The normalized spacial score (nSPS) is 12.0. The first-order valence-electron chi connectivity index (χ1n) is 6.75. The summed E-state index contributed by atoms with van der Waals surface area (Å²) in [5.74, 6) is -10.3. The molecule has 0 bridgehead atoms. The number of aliphatic hydroxyl groups is 1. The third-order valence-corrected chi connectivity index (χ3v) is 3.29. The van der Waals surface area contributed by atoms with E-state index < -0.39 is 57.4 Å². The lowest BCUT2D eigenvalue weighted by atomic mass is 9.98. The van der Waals surface area contributed by atoms with Crippen LogP contribution in [0.3, 0.4) is 0 Å². The van der Waals surface area contributed by atoms with Crippen LogP contribution in [-0.2, 0) is 9.53 Å². The molecule has 1 rings (SSSR count). The number of alkyl halides is 1. The molecule has 0 radical (unpaired) electrons. The van der Waals surface area contributed by atoms with E-state index in [1.165, 1.54) is 6.92 Å². The molecular weight excluding hydrogens is 354 g/mol. The summed E-state index contributed by atoms with van der Waals surface area (Å²) in [6.45, 7) is 2.21. The number of hydrogen-bond acceptors (Lipinski definition) is 4. The van der Waals surface area contributed by atoms with Crippen molar-refractivity contribution in [2.24, 2.45) is 0 Å². The van der Waals surface area contributed by atoms with Crippen molar-refractivity contribution in [3.8, 4) is 0 Å². The molecule has 0 aliphatic heterocycles. The van der Waals surface area contributed by atoms with Crippen molar-refractivity contribution in [1.82, 2.24) is 0 Å². The molecule has 0 heterocycles. The molecule has 132 valence electrons. The number of hydrogen-bond donors (Lipinski definition) is 2. The zero-order valence-corrected chi connectivity index (χ0v) is 13.5. The zero-order chi connectivity index (χ0) is 18.6. The average molecular weight is 368 g/mol. The van der Waals surface area contributed by atoms with Gasteiger partial charge in [0, 0.05) is 17.9 Å². The van der Waals surface area contributed by atoms with Crippen LogP contribution in [0.2, 0.25) is 0 Å². The number of aliphatic hydroxyl groups excluding tert-OH is 1. The minimum atomic E-state index is -2.15. The molecule has 0 unspecified atom stereocenters. The Hall–Kier alpha value is -2.09. The first-order chi connectivity index (χ1) is 11.2. The van der Waals surface area contributed by atoms with Gasteiger partial charge in [-0.15, -0.1) is 11.6 Å². The summed E-state index contributed by atoms with van der Waals surface area (Å²) < 4.78 is 58.9. The Morgan fingerprint density at radius 1 is 1.17 bits per heavy atom. The first kappa shape index (κ1) is 20.0. The maximum atomic E-state index is 14.0. The van der Waals surface area contributed by atoms with Gasteiger partial charge in [-0.1, -0.05) is 0 Å². The molecule has 0 aliphatic rings. The fourth-order valence-electron chi connectivity index (χ4n) is 1.93. The number of nitrogens with one attached hydrogen (secondary N) is 1. The number of benzene rings is 1. The van der Waals surface area contributed by atoms with E-state index in [4.69, 9.17) is 17.0 Å². The smallest absolute Gasteiger partial charge is 0.343 e. The van der Waals surface area contributed by atoms with Crippen LogP contribution in [0.1, 0.15) is 24.5 Å².